The van der Waals surface area contributed by atoms with Crippen molar-refractivity contribution >= 4 is 44.9 Å². The average Bonchev–Trinajstić information content (AvgIpc) is 3.17. The summed E-state index contributed by atoms with van der Waals surface area (Å²) in [4.78, 5) is 24.9. The van der Waals surface area contributed by atoms with Crippen molar-refractivity contribution in [3.63, 3.8) is 0 Å². The molecule has 186 valence electrons. The van der Waals surface area contributed by atoms with E-state index in [1.807, 2.05) is 18.2 Å². The highest BCUT2D eigenvalue weighted by atomic mass is 79.9. The number of carbonyl (C=O) groups excluding carboxylic acids is 2. The first-order valence-electron chi connectivity index (χ1n) is 10.3. The third kappa shape index (κ3) is 6.76. The SMILES string of the molecule is CCOC(=O)COc1c(C(=O)OC)sc(-c2cccc(NCc3ccc(C(F)(F)F)cc3)c2)c1Br. The molecule has 6 nitrogen and oxygen atoms in total. The minimum Gasteiger partial charge on any atom is -0.479 e. The summed E-state index contributed by atoms with van der Waals surface area (Å²) in [7, 11) is 1.25. The van der Waals surface area contributed by atoms with Crippen LogP contribution in [-0.2, 0) is 27.0 Å². The van der Waals surface area contributed by atoms with Crippen LogP contribution in [0.25, 0.3) is 10.4 Å². The van der Waals surface area contributed by atoms with Gasteiger partial charge in [-0.1, -0.05) is 24.3 Å². The van der Waals surface area contributed by atoms with E-state index in [4.69, 9.17) is 14.2 Å². The molecule has 0 saturated carbocycles. The summed E-state index contributed by atoms with van der Waals surface area (Å²) in [6.07, 6.45) is -4.38. The van der Waals surface area contributed by atoms with Crippen molar-refractivity contribution in [3.8, 4) is 16.2 Å². The fourth-order valence-corrected chi connectivity index (χ4v) is 5.02. The number of ether oxygens (including phenoxy) is 3. The number of esters is 2. The second-order valence-corrected chi connectivity index (χ2v) is 8.93. The summed E-state index contributed by atoms with van der Waals surface area (Å²) < 4.78 is 54.0. The van der Waals surface area contributed by atoms with E-state index < -0.39 is 23.7 Å². The van der Waals surface area contributed by atoms with Crippen molar-refractivity contribution in [2.45, 2.75) is 19.6 Å². The van der Waals surface area contributed by atoms with Crippen molar-refractivity contribution in [3.05, 3.63) is 69.0 Å². The Bertz CT molecular complexity index is 1190. The topological polar surface area (TPSA) is 73.9 Å². The molecule has 1 aromatic heterocycles. The number of alkyl halides is 3. The first-order chi connectivity index (χ1) is 16.6. The molecule has 1 N–H and O–H groups in total. The van der Waals surface area contributed by atoms with Gasteiger partial charge in [0.2, 0.25) is 0 Å². The van der Waals surface area contributed by atoms with Crippen LogP contribution in [0.2, 0.25) is 0 Å². The number of benzene rings is 2. The van der Waals surface area contributed by atoms with Gasteiger partial charge >= 0.3 is 18.1 Å². The van der Waals surface area contributed by atoms with Crippen molar-refractivity contribution in [2.75, 3.05) is 25.6 Å². The first-order valence-corrected chi connectivity index (χ1v) is 11.9. The van der Waals surface area contributed by atoms with Gasteiger partial charge in [0.15, 0.2) is 17.2 Å². The van der Waals surface area contributed by atoms with Crippen LogP contribution in [0.3, 0.4) is 0 Å². The second-order valence-electron chi connectivity index (χ2n) is 7.12. The molecule has 0 radical (unpaired) electrons. The lowest BCUT2D eigenvalue weighted by Crippen LogP contribution is -2.15. The molecule has 35 heavy (non-hydrogen) atoms. The molecule has 0 amide bonds. The highest BCUT2D eigenvalue weighted by Crippen LogP contribution is 2.46. The molecule has 0 aliphatic carbocycles. The summed E-state index contributed by atoms with van der Waals surface area (Å²) in [6, 6.07) is 12.2. The number of nitrogens with one attached hydrogen (secondary N) is 1. The van der Waals surface area contributed by atoms with Crippen molar-refractivity contribution in [1.82, 2.24) is 0 Å². The van der Waals surface area contributed by atoms with Crippen molar-refractivity contribution < 1.29 is 37.0 Å². The Kier molecular flexibility index (Phi) is 8.79. The first kappa shape index (κ1) is 26.6. The zero-order chi connectivity index (χ0) is 25.6. The Balaban J connectivity index is 1.81. The van der Waals surface area contributed by atoms with Crippen LogP contribution in [0.1, 0.15) is 27.7 Å². The van der Waals surface area contributed by atoms with E-state index in [0.29, 0.717) is 21.5 Å². The van der Waals surface area contributed by atoms with E-state index in [1.165, 1.54) is 19.2 Å². The normalized spacial score (nSPS) is 11.1. The van der Waals surface area contributed by atoms with Gasteiger partial charge in [-0.05, 0) is 58.2 Å². The number of rotatable bonds is 9. The van der Waals surface area contributed by atoms with Gasteiger partial charge < -0.3 is 19.5 Å². The predicted molar refractivity (Wildman–Crippen MR) is 130 cm³/mol. The third-order valence-electron chi connectivity index (χ3n) is 4.72. The summed E-state index contributed by atoms with van der Waals surface area (Å²) in [5.41, 5.74) is 1.45. The van der Waals surface area contributed by atoms with Crippen LogP contribution in [0, 0.1) is 0 Å². The molecule has 11 heteroatoms. The minimum absolute atomic E-state index is 0.174. The molecule has 0 saturated heterocycles. The maximum atomic E-state index is 12.8. The molecule has 0 fully saturated rings. The predicted octanol–water partition coefficient (Wildman–Crippen LogP) is 6.54. The monoisotopic (exact) mass is 571 g/mol. The Labute approximate surface area is 212 Å². The van der Waals surface area contributed by atoms with E-state index in [-0.39, 0.29) is 23.8 Å². The lowest BCUT2D eigenvalue weighted by Gasteiger charge is -2.10. The highest BCUT2D eigenvalue weighted by molar-refractivity contribution is 9.10. The van der Waals surface area contributed by atoms with Gasteiger partial charge in [0, 0.05) is 12.2 Å². The van der Waals surface area contributed by atoms with Gasteiger partial charge in [-0.3, -0.25) is 0 Å². The van der Waals surface area contributed by atoms with Crippen LogP contribution in [-0.4, -0.2) is 32.3 Å². The van der Waals surface area contributed by atoms with E-state index in [0.717, 1.165) is 34.7 Å². The van der Waals surface area contributed by atoms with E-state index in [9.17, 15) is 22.8 Å². The molecule has 2 aromatic carbocycles. The lowest BCUT2D eigenvalue weighted by molar-refractivity contribution is -0.145. The molecule has 0 spiro atoms. The van der Waals surface area contributed by atoms with E-state index in [2.05, 4.69) is 21.2 Å². The number of methoxy groups -OCH3 is 1. The standard InChI is InChI=1S/C24H21BrF3NO5S/c1-3-33-18(30)13-34-20-19(25)21(35-22(20)23(31)32-2)15-5-4-6-17(11-15)29-12-14-7-9-16(10-8-14)24(26,27)28/h4-11,29H,3,12-13H2,1-2H3. The number of hydrogen-bond donors (Lipinski definition) is 1. The third-order valence-corrected chi connectivity index (χ3v) is 6.94. The molecule has 0 aliphatic heterocycles. The van der Waals surface area contributed by atoms with E-state index >= 15 is 0 Å². The van der Waals surface area contributed by atoms with Gasteiger partial charge in [0.1, 0.15) is 0 Å². The molecular formula is C24H21BrF3NO5S. The van der Waals surface area contributed by atoms with Crippen LogP contribution in [0.5, 0.6) is 5.75 Å². The fraction of sp³-hybridized carbons (Fsp3) is 0.250. The molecule has 3 rings (SSSR count). The minimum atomic E-state index is -4.38. The number of thiophene rings is 1. The Hall–Kier alpha value is -3.05. The zero-order valence-electron chi connectivity index (χ0n) is 18.7. The van der Waals surface area contributed by atoms with Gasteiger partial charge in [-0.25, -0.2) is 9.59 Å². The second kappa shape index (κ2) is 11.6. The average molecular weight is 572 g/mol. The van der Waals surface area contributed by atoms with Gasteiger partial charge in [-0.15, -0.1) is 11.3 Å². The van der Waals surface area contributed by atoms with E-state index in [1.54, 1.807) is 13.0 Å². The highest BCUT2D eigenvalue weighted by Gasteiger charge is 2.30. The molecule has 0 aliphatic rings. The summed E-state index contributed by atoms with van der Waals surface area (Å²) in [5.74, 6) is -1.01. The Morgan fingerprint density at radius 1 is 1.11 bits per heavy atom. The van der Waals surface area contributed by atoms with Gasteiger partial charge in [0.05, 0.1) is 28.6 Å². The zero-order valence-corrected chi connectivity index (χ0v) is 21.1. The number of hydrogen-bond acceptors (Lipinski definition) is 7. The van der Waals surface area contributed by atoms with Crippen molar-refractivity contribution in [2.24, 2.45) is 0 Å². The smallest absolute Gasteiger partial charge is 0.416 e. The fourth-order valence-electron chi connectivity index (χ4n) is 3.06. The summed E-state index contributed by atoms with van der Waals surface area (Å²) in [6.45, 7) is 1.82. The molecule has 0 atom stereocenters. The molecule has 0 unspecified atom stereocenters. The van der Waals surface area contributed by atoms with Crippen LogP contribution >= 0.6 is 27.3 Å². The number of carbonyl (C=O) groups is 2. The molecule has 1 heterocycles. The lowest BCUT2D eigenvalue weighted by atomic mass is 10.1. The van der Waals surface area contributed by atoms with Crippen molar-refractivity contribution in [1.29, 1.82) is 0 Å². The largest absolute Gasteiger partial charge is 0.479 e. The van der Waals surface area contributed by atoms with Crippen LogP contribution < -0.4 is 10.1 Å². The molecular weight excluding hydrogens is 551 g/mol. The molecule has 0 bridgehead atoms. The molecule has 3 aromatic rings. The quantitative estimate of drug-likeness (QED) is 0.294. The number of halogens is 4. The Morgan fingerprint density at radius 2 is 1.83 bits per heavy atom. The summed E-state index contributed by atoms with van der Waals surface area (Å²) >= 11 is 4.59. The van der Waals surface area contributed by atoms with Gasteiger partial charge in [-0.2, -0.15) is 13.2 Å². The number of anilines is 1. The maximum Gasteiger partial charge on any atom is 0.416 e. The van der Waals surface area contributed by atoms with Gasteiger partial charge in [0.25, 0.3) is 0 Å². The Morgan fingerprint density at radius 3 is 2.46 bits per heavy atom. The van der Waals surface area contributed by atoms with Crippen LogP contribution in [0.4, 0.5) is 18.9 Å². The van der Waals surface area contributed by atoms with Crippen LogP contribution in [0.15, 0.2) is 53.0 Å². The maximum absolute atomic E-state index is 12.8. The summed E-state index contributed by atoms with van der Waals surface area (Å²) in [5, 5.41) is 3.18.